The van der Waals surface area contributed by atoms with Gasteiger partial charge in [-0.05, 0) is 38.1 Å². The number of likely N-dealkylation sites (N-methyl/N-ethyl adjacent to an activating group) is 1. The molecule has 29 heavy (non-hydrogen) atoms. The van der Waals surface area contributed by atoms with E-state index in [1.165, 1.54) is 0 Å². The minimum Gasteiger partial charge on any atom is -0.351 e. The highest BCUT2D eigenvalue weighted by molar-refractivity contribution is 7.91. The molecule has 0 saturated carbocycles. The topological polar surface area (TPSA) is 110 Å². The predicted octanol–water partition coefficient (Wildman–Crippen LogP) is 0.746. The fourth-order valence-corrected chi connectivity index (χ4v) is 5.03. The number of nitrogens with zero attached hydrogens (tertiary/aromatic N) is 5. The summed E-state index contributed by atoms with van der Waals surface area (Å²) in [4.78, 5) is 15.6. The lowest BCUT2D eigenvalue weighted by atomic mass is 10.2. The van der Waals surface area contributed by atoms with Crippen molar-refractivity contribution in [2.24, 2.45) is 0 Å². The maximum Gasteiger partial charge on any atom is 0.234 e. The average molecular weight is 421 g/mol. The highest BCUT2D eigenvalue weighted by atomic mass is 32.2. The van der Waals surface area contributed by atoms with E-state index in [0.29, 0.717) is 18.8 Å². The Kier molecular flexibility index (Phi) is 7.32. The molecule has 3 rings (SSSR count). The molecule has 1 aromatic carbocycles. The second-order valence-corrected chi connectivity index (χ2v) is 9.77. The molecular formula is C19H28N6O3S. The first kappa shape index (κ1) is 21.4. The van der Waals surface area contributed by atoms with Crippen LogP contribution in [0.1, 0.15) is 25.7 Å². The fraction of sp³-hybridized carbons (Fsp3) is 0.579. The number of amides is 1. The van der Waals surface area contributed by atoms with Crippen LogP contribution in [0, 0.1) is 0 Å². The summed E-state index contributed by atoms with van der Waals surface area (Å²) in [6, 6.07) is 9.52. The molecule has 2 aromatic rings. The van der Waals surface area contributed by atoms with Crippen LogP contribution in [0.2, 0.25) is 0 Å². The van der Waals surface area contributed by atoms with Crippen LogP contribution in [-0.2, 0) is 21.2 Å². The standard InChI is InChI=1S/C19H28N6O3S/c1-24(14-18(26)20-17-10-13-29(27,28)15-17)11-6-3-7-12-25-22-19(21-23-25)16-8-4-2-5-9-16/h2,4-5,8-9,17H,3,6-7,10-15H2,1H3,(H,20,26). The quantitative estimate of drug-likeness (QED) is 0.565. The maximum absolute atomic E-state index is 12.0. The van der Waals surface area contributed by atoms with Gasteiger partial charge in [-0.15, -0.1) is 10.2 Å². The smallest absolute Gasteiger partial charge is 0.234 e. The molecule has 1 aliphatic heterocycles. The Bertz CT molecular complexity index is 900. The number of benzene rings is 1. The van der Waals surface area contributed by atoms with Crippen molar-refractivity contribution >= 4 is 15.7 Å². The van der Waals surface area contributed by atoms with E-state index in [1.807, 2.05) is 42.3 Å². The van der Waals surface area contributed by atoms with Gasteiger partial charge in [0.1, 0.15) is 0 Å². The number of nitrogens with one attached hydrogen (secondary N) is 1. The molecule has 1 amide bonds. The molecule has 1 N–H and O–H groups in total. The van der Waals surface area contributed by atoms with Gasteiger partial charge in [0.25, 0.3) is 0 Å². The largest absolute Gasteiger partial charge is 0.351 e. The van der Waals surface area contributed by atoms with Crippen LogP contribution in [-0.4, -0.2) is 77.1 Å². The third-order valence-corrected chi connectivity index (χ3v) is 6.66. The van der Waals surface area contributed by atoms with Gasteiger partial charge in [-0.25, -0.2) is 8.42 Å². The van der Waals surface area contributed by atoms with Gasteiger partial charge in [-0.1, -0.05) is 36.8 Å². The van der Waals surface area contributed by atoms with Gasteiger partial charge in [0.2, 0.25) is 11.7 Å². The van der Waals surface area contributed by atoms with Gasteiger partial charge in [-0.3, -0.25) is 9.69 Å². The number of unbranched alkanes of at least 4 members (excludes halogenated alkanes) is 2. The molecule has 0 aliphatic carbocycles. The van der Waals surface area contributed by atoms with E-state index >= 15 is 0 Å². The van der Waals surface area contributed by atoms with E-state index in [2.05, 4.69) is 20.7 Å². The Morgan fingerprint density at radius 3 is 2.76 bits per heavy atom. The summed E-state index contributed by atoms with van der Waals surface area (Å²) in [6.45, 7) is 1.79. The normalized spacial score (nSPS) is 18.2. The minimum atomic E-state index is -2.97. The maximum atomic E-state index is 12.0. The second-order valence-electron chi connectivity index (χ2n) is 7.54. The molecule has 2 heterocycles. The van der Waals surface area contributed by atoms with Crippen molar-refractivity contribution in [3.63, 3.8) is 0 Å². The lowest BCUT2D eigenvalue weighted by Gasteiger charge is -2.18. The second kappa shape index (κ2) is 9.93. The summed E-state index contributed by atoms with van der Waals surface area (Å²) >= 11 is 0. The molecule has 158 valence electrons. The third kappa shape index (κ3) is 6.90. The number of carbonyl (C=O) groups is 1. The number of sulfone groups is 1. The summed E-state index contributed by atoms with van der Waals surface area (Å²) in [5.41, 5.74) is 0.953. The van der Waals surface area contributed by atoms with E-state index in [0.717, 1.165) is 31.4 Å². The van der Waals surface area contributed by atoms with Crippen LogP contribution in [0.5, 0.6) is 0 Å². The van der Waals surface area contributed by atoms with Crippen LogP contribution in [0.25, 0.3) is 11.4 Å². The highest BCUT2D eigenvalue weighted by Crippen LogP contribution is 2.12. The van der Waals surface area contributed by atoms with Crippen molar-refractivity contribution < 1.29 is 13.2 Å². The van der Waals surface area contributed by atoms with Crippen LogP contribution >= 0.6 is 0 Å². The molecule has 1 unspecified atom stereocenters. The SMILES string of the molecule is CN(CCCCCn1nnc(-c2ccccc2)n1)CC(=O)NC1CCS(=O)(=O)C1. The Balaban J connectivity index is 1.28. The van der Waals surface area contributed by atoms with Crippen LogP contribution < -0.4 is 5.32 Å². The van der Waals surface area contributed by atoms with Crippen LogP contribution in [0.3, 0.4) is 0 Å². The van der Waals surface area contributed by atoms with E-state index in [4.69, 9.17) is 0 Å². The Morgan fingerprint density at radius 1 is 1.24 bits per heavy atom. The highest BCUT2D eigenvalue weighted by Gasteiger charge is 2.28. The molecule has 0 spiro atoms. The molecule has 10 heteroatoms. The number of aryl methyl sites for hydroxylation is 1. The van der Waals surface area contributed by atoms with Crippen molar-refractivity contribution in [3.8, 4) is 11.4 Å². The van der Waals surface area contributed by atoms with Crippen molar-refractivity contribution in [1.29, 1.82) is 0 Å². The lowest BCUT2D eigenvalue weighted by Crippen LogP contribution is -2.41. The molecule has 0 bridgehead atoms. The van der Waals surface area contributed by atoms with Crippen molar-refractivity contribution in [2.45, 2.75) is 38.3 Å². The van der Waals surface area contributed by atoms with Crippen molar-refractivity contribution in [1.82, 2.24) is 30.4 Å². The average Bonchev–Trinajstić information content (AvgIpc) is 3.28. The Labute approximate surface area is 171 Å². The molecule has 1 fully saturated rings. The third-order valence-electron chi connectivity index (χ3n) is 4.89. The number of rotatable bonds is 10. The summed E-state index contributed by atoms with van der Waals surface area (Å²) < 4.78 is 22.9. The number of aromatic nitrogens is 4. The van der Waals surface area contributed by atoms with Gasteiger partial charge in [0.05, 0.1) is 24.6 Å². The van der Waals surface area contributed by atoms with E-state index < -0.39 is 9.84 Å². The molecular weight excluding hydrogens is 392 g/mol. The molecule has 1 aliphatic rings. The molecule has 1 saturated heterocycles. The number of hydrogen-bond acceptors (Lipinski definition) is 7. The van der Waals surface area contributed by atoms with Crippen molar-refractivity contribution in [3.05, 3.63) is 30.3 Å². The first-order valence-electron chi connectivity index (χ1n) is 9.93. The zero-order chi connectivity index (χ0) is 20.7. The van der Waals surface area contributed by atoms with Gasteiger partial charge in [0, 0.05) is 11.6 Å². The first-order valence-corrected chi connectivity index (χ1v) is 11.7. The summed E-state index contributed by atoms with van der Waals surface area (Å²) in [5.74, 6) is 0.743. The molecule has 0 radical (unpaired) electrons. The summed E-state index contributed by atoms with van der Waals surface area (Å²) in [6.07, 6.45) is 3.40. The zero-order valence-corrected chi connectivity index (χ0v) is 17.5. The van der Waals surface area contributed by atoms with E-state index in [1.54, 1.807) is 4.80 Å². The number of carbonyl (C=O) groups excluding carboxylic acids is 1. The molecule has 1 atom stereocenters. The monoisotopic (exact) mass is 420 g/mol. The summed E-state index contributed by atoms with van der Waals surface area (Å²) in [7, 11) is -1.07. The zero-order valence-electron chi connectivity index (χ0n) is 16.7. The first-order chi connectivity index (χ1) is 13.9. The number of hydrogen-bond donors (Lipinski definition) is 1. The predicted molar refractivity (Wildman–Crippen MR) is 110 cm³/mol. The van der Waals surface area contributed by atoms with Gasteiger partial charge in [-0.2, -0.15) is 4.80 Å². The van der Waals surface area contributed by atoms with Crippen LogP contribution in [0.15, 0.2) is 30.3 Å². The molecule has 1 aromatic heterocycles. The van der Waals surface area contributed by atoms with Crippen LogP contribution in [0.4, 0.5) is 0 Å². The van der Waals surface area contributed by atoms with Gasteiger partial charge >= 0.3 is 0 Å². The van der Waals surface area contributed by atoms with E-state index in [-0.39, 0.29) is 30.0 Å². The Hall–Kier alpha value is -2.33. The van der Waals surface area contributed by atoms with E-state index in [9.17, 15) is 13.2 Å². The van der Waals surface area contributed by atoms with Gasteiger partial charge < -0.3 is 5.32 Å². The minimum absolute atomic E-state index is 0.0603. The number of tetrazole rings is 1. The van der Waals surface area contributed by atoms with Crippen molar-refractivity contribution in [2.75, 3.05) is 31.6 Å². The Morgan fingerprint density at radius 2 is 2.03 bits per heavy atom. The fourth-order valence-electron chi connectivity index (χ4n) is 3.36. The lowest BCUT2D eigenvalue weighted by molar-refractivity contribution is -0.122. The van der Waals surface area contributed by atoms with Gasteiger partial charge in [0.15, 0.2) is 9.84 Å². The molecule has 9 nitrogen and oxygen atoms in total. The summed E-state index contributed by atoms with van der Waals surface area (Å²) in [5, 5.41) is 15.4.